The van der Waals surface area contributed by atoms with Gasteiger partial charge >= 0.3 is 0 Å². The van der Waals surface area contributed by atoms with Gasteiger partial charge in [0, 0.05) is 62.0 Å². The fourth-order valence-corrected chi connectivity index (χ4v) is 4.38. The molecule has 26 heavy (non-hydrogen) atoms. The predicted octanol–water partition coefficient (Wildman–Crippen LogP) is 2.07. The second kappa shape index (κ2) is 6.69. The first-order valence-corrected chi connectivity index (χ1v) is 9.53. The van der Waals surface area contributed by atoms with Crippen molar-refractivity contribution in [3.63, 3.8) is 0 Å². The van der Waals surface area contributed by atoms with Crippen LogP contribution in [0.25, 0.3) is 5.13 Å². The van der Waals surface area contributed by atoms with Crippen LogP contribution in [0.4, 0.5) is 0 Å². The molecule has 1 N–H and O–H groups in total. The lowest BCUT2D eigenvalue weighted by Crippen LogP contribution is -2.49. The summed E-state index contributed by atoms with van der Waals surface area (Å²) < 4.78 is 4.03. The quantitative estimate of drug-likeness (QED) is 0.766. The molecule has 1 fully saturated rings. The highest BCUT2D eigenvalue weighted by Crippen LogP contribution is 2.27. The van der Waals surface area contributed by atoms with E-state index in [2.05, 4.69) is 19.9 Å². The number of aromatic nitrogens is 4. The van der Waals surface area contributed by atoms with Gasteiger partial charge in [0.25, 0.3) is 5.91 Å². The van der Waals surface area contributed by atoms with Crippen LogP contribution in [0.3, 0.4) is 0 Å². The van der Waals surface area contributed by atoms with Gasteiger partial charge in [-0.3, -0.25) is 9.36 Å². The Morgan fingerprint density at radius 3 is 2.85 bits per heavy atom. The molecule has 0 bridgehead atoms. The summed E-state index contributed by atoms with van der Waals surface area (Å²) in [6.45, 7) is 6.16. The molecule has 0 spiro atoms. The smallest absolute Gasteiger partial charge is 0.256 e. The van der Waals surface area contributed by atoms with Crippen LogP contribution >= 0.6 is 11.3 Å². The summed E-state index contributed by atoms with van der Waals surface area (Å²) in [5.41, 5.74) is 2.68. The van der Waals surface area contributed by atoms with Crippen LogP contribution in [0.2, 0.25) is 0 Å². The van der Waals surface area contributed by atoms with Crippen LogP contribution in [0, 0.1) is 13.8 Å². The van der Waals surface area contributed by atoms with Gasteiger partial charge in [0.05, 0.1) is 5.56 Å². The van der Waals surface area contributed by atoms with E-state index in [4.69, 9.17) is 0 Å². The zero-order valence-electron chi connectivity index (χ0n) is 15.1. The maximum Gasteiger partial charge on any atom is 0.256 e. The number of nitrogens with zero attached hydrogens (tertiary/aromatic N) is 5. The molecule has 4 rings (SSSR count). The van der Waals surface area contributed by atoms with E-state index < -0.39 is 0 Å². The molecule has 4 heterocycles. The van der Waals surface area contributed by atoms with Gasteiger partial charge in [-0.25, -0.2) is 9.97 Å². The molecule has 3 aromatic rings. The molecule has 0 radical (unpaired) electrons. The van der Waals surface area contributed by atoms with Crippen molar-refractivity contribution in [1.29, 1.82) is 0 Å². The monoisotopic (exact) mass is 370 g/mol. The fraction of sp³-hybridized carbons (Fsp3) is 0.389. The number of nitrogens with one attached hydrogen (secondary N) is 1. The third-order valence-corrected chi connectivity index (χ3v) is 5.69. The van der Waals surface area contributed by atoms with Crippen molar-refractivity contribution in [2.75, 3.05) is 19.6 Å². The second-order valence-corrected chi connectivity index (χ2v) is 7.42. The molecular weight excluding hydrogens is 348 g/mol. The molecule has 0 saturated carbocycles. The van der Waals surface area contributed by atoms with Crippen LogP contribution in [-0.4, -0.2) is 49.5 Å². The first-order valence-electron chi connectivity index (χ1n) is 8.65. The Kier molecular flexibility index (Phi) is 4.37. The first-order chi connectivity index (χ1) is 12.6. The number of hydrogen-bond donors (Lipinski definition) is 1. The van der Waals surface area contributed by atoms with E-state index in [0.29, 0.717) is 13.1 Å². The summed E-state index contributed by atoms with van der Waals surface area (Å²) in [6.07, 6.45) is 5.48. The Hall–Kier alpha value is -2.45. The molecule has 1 amide bonds. The molecule has 1 aliphatic heterocycles. The molecular formula is C18H22N6OS. The van der Waals surface area contributed by atoms with Crippen molar-refractivity contribution in [1.82, 2.24) is 29.3 Å². The van der Waals surface area contributed by atoms with E-state index in [1.54, 1.807) is 23.7 Å². The maximum absolute atomic E-state index is 13.4. The minimum absolute atomic E-state index is 0.0513. The number of carbonyl (C=O) groups excluding carboxylic acids is 1. The lowest BCUT2D eigenvalue weighted by molar-refractivity contribution is 0.0620. The van der Waals surface area contributed by atoms with E-state index in [1.165, 1.54) is 0 Å². The standard InChI is InChI=1S/C18H22N6OS/c1-12-10-14(13(2)24(12)18-21-6-9-26-18)17(25)23-8-4-19-11-15(23)16-20-5-7-22(16)3/h5-7,9-10,15,19H,4,8,11H2,1-3H3. The predicted molar refractivity (Wildman–Crippen MR) is 101 cm³/mol. The lowest BCUT2D eigenvalue weighted by atomic mass is 10.1. The van der Waals surface area contributed by atoms with Crippen LogP contribution < -0.4 is 5.32 Å². The van der Waals surface area contributed by atoms with Crippen LogP contribution in [0.1, 0.15) is 33.6 Å². The minimum Gasteiger partial charge on any atom is -0.336 e. The SMILES string of the molecule is Cc1cc(C(=O)N2CCNCC2c2nccn2C)c(C)n1-c1nccs1. The van der Waals surface area contributed by atoms with E-state index in [9.17, 15) is 4.79 Å². The third-order valence-electron chi connectivity index (χ3n) is 4.93. The molecule has 1 aliphatic rings. The van der Waals surface area contributed by atoms with Crippen molar-refractivity contribution >= 4 is 17.2 Å². The number of carbonyl (C=O) groups is 1. The van der Waals surface area contributed by atoms with Crippen molar-refractivity contribution in [2.24, 2.45) is 7.05 Å². The number of piperazine rings is 1. The highest BCUT2D eigenvalue weighted by Gasteiger charge is 2.32. The number of rotatable bonds is 3. The van der Waals surface area contributed by atoms with Crippen LogP contribution in [0.5, 0.6) is 0 Å². The average Bonchev–Trinajstić information content (AvgIpc) is 3.36. The Labute approximate surface area is 156 Å². The van der Waals surface area contributed by atoms with Gasteiger partial charge < -0.3 is 14.8 Å². The normalized spacial score (nSPS) is 17.7. The third kappa shape index (κ3) is 2.75. The van der Waals surface area contributed by atoms with E-state index in [1.807, 2.05) is 48.0 Å². The second-order valence-electron chi connectivity index (χ2n) is 6.55. The molecule has 136 valence electrons. The van der Waals surface area contributed by atoms with Crippen molar-refractivity contribution in [3.05, 3.63) is 52.8 Å². The molecule has 0 aliphatic carbocycles. The average molecular weight is 370 g/mol. The summed E-state index contributed by atoms with van der Waals surface area (Å²) in [7, 11) is 1.97. The van der Waals surface area contributed by atoms with Crippen molar-refractivity contribution in [2.45, 2.75) is 19.9 Å². The molecule has 0 aromatic carbocycles. The number of thiazole rings is 1. The van der Waals surface area contributed by atoms with E-state index in [-0.39, 0.29) is 11.9 Å². The Balaban J connectivity index is 1.71. The van der Waals surface area contributed by atoms with Crippen LogP contribution in [0.15, 0.2) is 30.0 Å². The van der Waals surface area contributed by atoms with Gasteiger partial charge in [0.1, 0.15) is 11.9 Å². The molecule has 3 aromatic heterocycles. The summed E-state index contributed by atoms with van der Waals surface area (Å²) >= 11 is 1.57. The van der Waals surface area contributed by atoms with Crippen LogP contribution in [-0.2, 0) is 7.05 Å². The number of amides is 1. The molecule has 8 heteroatoms. The summed E-state index contributed by atoms with van der Waals surface area (Å²) in [5, 5.41) is 6.22. The molecule has 1 atom stereocenters. The van der Waals surface area contributed by atoms with Crippen molar-refractivity contribution < 1.29 is 4.79 Å². The van der Waals surface area contributed by atoms with Gasteiger partial charge in [-0.05, 0) is 19.9 Å². The summed E-state index contributed by atoms with van der Waals surface area (Å²) in [5.74, 6) is 0.953. The Morgan fingerprint density at radius 2 is 2.15 bits per heavy atom. The maximum atomic E-state index is 13.4. The number of imidazole rings is 1. The zero-order valence-corrected chi connectivity index (χ0v) is 16.0. The first kappa shape index (κ1) is 17.0. The number of hydrogen-bond acceptors (Lipinski definition) is 5. The van der Waals surface area contributed by atoms with Crippen molar-refractivity contribution in [3.8, 4) is 5.13 Å². The highest BCUT2D eigenvalue weighted by molar-refractivity contribution is 7.12. The number of aryl methyl sites for hydroxylation is 2. The lowest BCUT2D eigenvalue weighted by Gasteiger charge is -2.35. The van der Waals surface area contributed by atoms with Gasteiger partial charge in [-0.2, -0.15) is 0 Å². The largest absolute Gasteiger partial charge is 0.336 e. The summed E-state index contributed by atoms with van der Waals surface area (Å²) in [4.78, 5) is 24.2. The minimum atomic E-state index is -0.0702. The van der Waals surface area contributed by atoms with Gasteiger partial charge in [0.2, 0.25) is 0 Å². The topological polar surface area (TPSA) is 68.0 Å². The van der Waals surface area contributed by atoms with Gasteiger partial charge in [0.15, 0.2) is 5.13 Å². The fourth-order valence-electron chi connectivity index (χ4n) is 3.63. The van der Waals surface area contributed by atoms with E-state index >= 15 is 0 Å². The Morgan fingerprint density at radius 1 is 1.31 bits per heavy atom. The zero-order chi connectivity index (χ0) is 18.3. The van der Waals surface area contributed by atoms with E-state index in [0.717, 1.165) is 34.5 Å². The highest BCUT2D eigenvalue weighted by atomic mass is 32.1. The molecule has 1 unspecified atom stereocenters. The summed E-state index contributed by atoms with van der Waals surface area (Å²) in [6, 6.07) is 1.90. The Bertz CT molecular complexity index is 926. The molecule has 7 nitrogen and oxygen atoms in total. The van der Waals surface area contributed by atoms with Gasteiger partial charge in [-0.15, -0.1) is 11.3 Å². The van der Waals surface area contributed by atoms with Gasteiger partial charge in [-0.1, -0.05) is 0 Å². The molecule has 1 saturated heterocycles.